The highest BCUT2D eigenvalue weighted by molar-refractivity contribution is 4.45. The molecular weight excluding hydrogens is 140 g/mol. The highest BCUT2D eigenvalue weighted by Crippen LogP contribution is 2.04. The van der Waals surface area contributed by atoms with E-state index in [0.717, 1.165) is 6.42 Å². The van der Waals surface area contributed by atoms with E-state index in [0.29, 0.717) is 6.54 Å². The Morgan fingerprint density at radius 1 is 1.00 bits per heavy atom. The third-order valence-electron chi connectivity index (χ3n) is 1.67. The summed E-state index contributed by atoms with van der Waals surface area (Å²) < 4.78 is 0. The van der Waals surface area contributed by atoms with Crippen LogP contribution < -0.4 is 0 Å². The maximum Gasteiger partial charge on any atom is 0.0595 e. The minimum Gasteiger partial charge on any atom is -0.775 e. The van der Waals surface area contributed by atoms with Gasteiger partial charge in [-0.25, -0.2) is 5.28 Å². The molecule has 0 fully saturated rings. The van der Waals surface area contributed by atoms with Gasteiger partial charge >= 0.3 is 0 Å². The van der Waals surface area contributed by atoms with E-state index in [1.807, 2.05) is 0 Å². The Morgan fingerprint density at radius 3 is 2.27 bits per heavy atom. The Morgan fingerprint density at radius 2 is 1.64 bits per heavy atom. The quantitative estimate of drug-likeness (QED) is 0.318. The summed E-state index contributed by atoms with van der Waals surface area (Å²) in [6.45, 7) is 2.81. The summed E-state index contributed by atoms with van der Waals surface area (Å²) in [5.74, 6) is 0. The summed E-state index contributed by atoms with van der Waals surface area (Å²) in [4.78, 5) is 0. The van der Waals surface area contributed by atoms with Crippen molar-refractivity contribution in [2.24, 2.45) is 10.4 Å². The first-order valence-corrected chi connectivity index (χ1v) is 4.41. The number of rotatable bonds is 7. The Hall–Kier alpha value is -0.600. The molecule has 0 bridgehead atoms. The topological polar surface area (TPSA) is 47.8 Å². The van der Waals surface area contributed by atoms with Crippen LogP contribution in [0.2, 0.25) is 0 Å². The van der Waals surface area contributed by atoms with Crippen molar-refractivity contribution in [2.75, 3.05) is 6.54 Å². The van der Waals surface area contributed by atoms with Gasteiger partial charge in [-0.3, -0.25) is 0 Å². The molecule has 0 radical (unpaired) electrons. The number of nitrogens with zero attached hydrogens (tertiary/aromatic N) is 2. The van der Waals surface area contributed by atoms with E-state index in [1.165, 1.54) is 32.1 Å². The number of hydrogen-bond donors (Lipinski definition) is 0. The van der Waals surface area contributed by atoms with E-state index < -0.39 is 0 Å². The molecular formula is C8H17N2O-. The van der Waals surface area contributed by atoms with Gasteiger partial charge in [-0.15, -0.1) is 0 Å². The van der Waals surface area contributed by atoms with Crippen LogP contribution >= 0.6 is 0 Å². The van der Waals surface area contributed by atoms with Gasteiger partial charge in [0.15, 0.2) is 0 Å². The van der Waals surface area contributed by atoms with Crippen LogP contribution in [0, 0.1) is 5.21 Å². The molecule has 0 rings (SSSR count). The summed E-state index contributed by atoms with van der Waals surface area (Å²) in [5, 5.41) is 15.3. The minimum absolute atomic E-state index is 0.607. The lowest BCUT2D eigenvalue weighted by Crippen LogP contribution is -1.81. The molecule has 66 valence electrons. The van der Waals surface area contributed by atoms with Gasteiger partial charge in [-0.1, -0.05) is 39.0 Å². The highest BCUT2D eigenvalue weighted by Gasteiger charge is 1.87. The molecule has 0 aliphatic heterocycles. The fraction of sp³-hybridized carbons (Fsp3) is 1.00. The van der Waals surface area contributed by atoms with E-state index in [2.05, 4.69) is 17.3 Å². The van der Waals surface area contributed by atoms with Crippen LogP contribution in [0.4, 0.5) is 0 Å². The molecule has 0 unspecified atom stereocenters. The van der Waals surface area contributed by atoms with Gasteiger partial charge in [-0.05, 0) is 6.42 Å². The first-order valence-electron chi connectivity index (χ1n) is 4.41. The lowest BCUT2D eigenvalue weighted by atomic mass is 10.1. The summed E-state index contributed by atoms with van der Waals surface area (Å²) in [5.41, 5.74) is 0. The molecule has 0 saturated carbocycles. The zero-order valence-corrected chi connectivity index (χ0v) is 7.25. The molecule has 0 aromatic carbocycles. The zero-order chi connectivity index (χ0) is 8.36. The SMILES string of the molecule is CCCCCCCCN=N[O-]. The van der Waals surface area contributed by atoms with Crippen molar-refractivity contribution >= 4 is 0 Å². The van der Waals surface area contributed by atoms with Crippen molar-refractivity contribution in [3.8, 4) is 0 Å². The molecule has 0 saturated heterocycles. The fourth-order valence-corrected chi connectivity index (χ4v) is 1.00. The average molecular weight is 157 g/mol. The van der Waals surface area contributed by atoms with Gasteiger partial charge < -0.3 is 5.21 Å². The Balaban J connectivity index is 2.79. The third kappa shape index (κ3) is 9.40. The molecule has 0 atom stereocenters. The van der Waals surface area contributed by atoms with Gasteiger partial charge in [0, 0.05) is 0 Å². The number of unbranched alkanes of at least 4 members (excludes halogenated alkanes) is 5. The third-order valence-corrected chi connectivity index (χ3v) is 1.67. The molecule has 3 nitrogen and oxygen atoms in total. The molecule has 0 aliphatic rings. The maximum absolute atomic E-state index is 9.52. The summed E-state index contributed by atoms with van der Waals surface area (Å²) >= 11 is 0. The molecule has 0 heterocycles. The predicted octanol–water partition coefficient (Wildman–Crippen LogP) is 3.30. The van der Waals surface area contributed by atoms with E-state index >= 15 is 0 Å². The van der Waals surface area contributed by atoms with Crippen molar-refractivity contribution < 1.29 is 0 Å². The zero-order valence-electron chi connectivity index (χ0n) is 7.25. The molecule has 0 aromatic rings. The average Bonchev–Trinajstić information content (AvgIpc) is 2.03. The van der Waals surface area contributed by atoms with Crippen molar-refractivity contribution in [2.45, 2.75) is 45.4 Å². The van der Waals surface area contributed by atoms with Crippen molar-refractivity contribution in [1.82, 2.24) is 0 Å². The molecule has 0 N–H and O–H groups in total. The second kappa shape index (κ2) is 9.40. The summed E-state index contributed by atoms with van der Waals surface area (Å²) in [6.07, 6.45) is 7.37. The van der Waals surface area contributed by atoms with Crippen LogP contribution in [0.5, 0.6) is 0 Å². The molecule has 3 heteroatoms. The van der Waals surface area contributed by atoms with Crippen molar-refractivity contribution in [1.29, 1.82) is 0 Å². The molecule has 0 aliphatic carbocycles. The van der Waals surface area contributed by atoms with Gasteiger partial charge in [0.25, 0.3) is 0 Å². The lowest BCUT2D eigenvalue weighted by molar-refractivity contribution is 0.608. The summed E-state index contributed by atoms with van der Waals surface area (Å²) in [7, 11) is 0. The Kier molecular flexibility index (Phi) is 8.89. The van der Waals surface area contributed by atoms with Gasteiger partial charge in [0.2, 0.25) is 0 Å². The van der Waals surface area contributed by atoms with Crippen LogP contribution in [0.3, 0.4) is 0 Å². The molecule has 11 heavy (non-hydrogen) atoms. The largest absolute Gasteiger partial charge is 0.775 e. The van der Waals surface area contributed by atoms with Crippen LogP contribution in [-0.2, 0) is 0 Å². The number of hydrogen-bond acceptors (Lipinski definition) is 3. The fourth-order valence-electron chi connectivity index (χ4n) is 1.00. The van der Waals surface area contributed by atoms with Crippen LogP contribution in [-0.4, -0.2) is 6.54 Å². The van der Waals surface area contributed by atoms with Crippen LogP contribution in [0.25, 0.3) is 0 Å². The standard InChI is InChI=1S/C8H18N2O/c1-2-3-4-5-6-7-8-9-10-11/h2-8H2,1H3,(H,9,11)/p-1. The summed E-state index contributed by atoms with van der Waals surface area (Å²) in [6, 6.07) is 0. The van der Waals surface area contributed by atoms with Crippen molar-refractivity contribution in [3.05, 3.63) is 5.21 Å². The smallest absolute Gasteiger partial charge is 0.0595 e. The Labute approximate surface area is 68.5 Å². The van der Waals surface area contributed by atoms with E-state index in [-0.39, 0.29) is 0 Å². The molecule has 0 spiro atoms. The van der Waals surface area contributed by atoms with Gasteiger partial charge in [-0.2, -0.15) is 5.11 Å². The molecule has 0 amide bonds. The maximum atomic E-state index is 9.52. The second-order valence-electron chi connectivity index (χ2n) is 2.71. The van der Waals surface area contributed by atoms with Crippen LogP contribution in [0.1, 0.15) is 45.4 Å². The van der Waals surface area contributed by atoms with Gasteiger partial charge in [0.1, 0.15) is 0 Å². The van der Waals surface area contributed by atoms with E-state index in [1.54, 1.807) is 0 Å². The Bertz CT molecular complexity index is 94.1. The first kappa shape index (κ1) is 10.4. The van der Waals surface area contributed by atoms with Crippen LogP contribution in [0.15, 0.2) is 10.4 Å². The lowest BCUT2D eigenvalue weighted by Gasteiger charge is -1.97. The van der Waals surface area contributed by atoms with Gasteiger partial charge in [0.05, 0.1) is 6.54 Å². The normalized spacial score (nSPS) is 11.0. The predicted molar refractivity (Wildman–Crippen MR) is 46.5 cm³/mol. The monoisotopic (exact) mass is 157 g/mol. The van der Waals surface area contributed by atoms with E-state index in [4.69, 9.17) is 0 Å². The highest BCUT2D eigenvalue weighted by atomic mass is 16.5. The molecule has 0 aromatic heterocycles. The van der Waals surface area contributed by atoms with Crippen molar-refractivity contribution in [3.63, 3.8) is 0 Å². The second-order valence-corrected chi connectivity index (χ2v) is 2.71. The first-order chi connectivity index (χ1) is 5.41. The van der Waals surface area contributed by atoms with E-state index in [9.17, 15) is 5.21 Å². The minimum atomic E-state index is 0.607.